The number of aromatic nitrogens is 2. The Morgan fingerprint density at radius 2 is 2.07 bits per heavy atom. The quantitative estimate of drug-likeness (QED) is 0.315. The number of fused-ring (bicyclic) bond motifs is 1. The van der Waals surface area contributed by atoms with Gasteiger partial charge in [-0.25, -0.2) is 13.8 Å². The lowest BCUT2D eigenvalue weighted by Gasteiger charge is -2.10. The Bertz CT molecular complexity index is 1280. The molecule has 154 valence electrons. The standard InChI is InChI=1S/C20H15F2N3O2S3/c1-2-25-19(27)17-12(15-4-3-7-28-15)9-29-18(17)24-20(25)30-10-16(26)23-11-5-6-13(21)14(22)8-11/h3-9H,2,10H2,1H3,(H,23,26). The summed E-state index contributed by atoms with van der Waals surface area (Å²) >= 11 is 4.08. The van der Waals surface area contributed by atoms with Crippen LogP contribution in [0.25, 0.3) is 20.7 Å². The lowest BCUT2D eigenvalue weighted by atomic mass is 10.2. The maximum Gasteiger partial charge on any atom is 0.263 e. The van der Waals surface area contributed by atoms with E-state index in [-0.39, 0.29) is 17.0 Å². The Hall–Kier alpha value is -2.56. The first-order valence-electron chi connectivity index (χ1n) is 8.91. The number of thioether (sulfide) groups is 1. The molecule has 3 heterocycles. The van der Waals surface area contributed by atoms with Crippen molar-refractivity contribution in [1.82, 2.24) is 9.55 Å². The van der Waals surface area contributed by atoms with Crippen molar-refractivity contribution in [2.45, 2.75) is 18.6 Å². The molecular formula is C20H15F2N3O2S3. The van der Waals surface area contributed by atoms with Gasteiger partial charge in [-0.15, -0.1) is 22.7 Å². The van der Waals surface area contributed by atoms with E-state index in [2.05, 4.69) is 10.3 Å². The third-order valence-corrected chi connectivity index (χ3v) is 7.05. The number of rotatable bonds is 6. The smallest absolute Gasteiger partial charge is 0.263 e. The van der Waals surface area contributed by atoms with Gasteiger partial charge in [0.2, 0.25) is 5.91 Å². The second-order valence-electron chi connectivity index (χ2n) is 6.22. The van der Waals surface area contributed by atoms with E-state index >= 15 is 0 Å². The number of hydrogen-bond donors (Lipinski definition) is 1. The van der Waals surface area contributed by atoms with Crippen LogP contribution in [0.15, 0.2) is 51.0 Å². The maximum atomic E-state index is 13.3. The fourth-order valence-corrected chi connectivity index (χ4v) is 5.57. The molecule has 0 aliphatic carbocycles. The van der Waals surface area contributed by atoms with Crippen LogP contribution in [0.2, 0.25) is 0 Å². The molecule has 30 heavy (non-hydrogen) atoms. The Kier molecular flexibility index (Phi) is 5.98. The van der Waals surface area contributed by atoms with Crippen LogP contribution >= 0.6 is 34.4 Å². The molecule has 0 aliphatic heterocycles. The number of halogens is 2. The molecule has 3 aromatic heterocycles. The van der Waals surface area contributed by atoms with Crippen LogP contribution < -0.4 is 10.9 Å². The minimum absolute atomic E-state index is 0.0277. The second kappa shape index (κ2) is 8.66. The summed E-state index contributed by atoms with van der Waals surface area (Å²) in [6.45, 7) is 2.26. The summed E-state index contributed by atoms with van der Waals surface area (Å²) in [5, 5.41) is 7.42. The van der Waals surface area contributed by atoms with Crippen molar-refractivity contribution in [1.29, 1.82) is 0 Å². The number of amides is 1. The van der Waals surface area contributed by atoms with E-state index in [9.17, 15) is 18.4 Å². The fourth-order valence-electron chi connectivity index (χ4n) is 2.91. The summed E-state index contributed by atoms with van der Waals surface area (Å²) in [4.78, 5) is 31.6. The van der Waals surface area contributed by atoms with Gasteiger partial charge in [0.25, 0.3) is 5.56 Å². The Morgan fingerprint density at radius 3 is 2.77 bits per heavy atom. The molecule has 1 aromatic carbocycles. The van der Waals surface area contributed by atoms with Crippen molar-refractivity contribution in [2.24, 2.45) is 0 Å². The molecule has 4 aromatic rings. The third-order valence-electron chi connectivity index (χ3n) is 4.30. The van der Waals surface area contributed by atoms with Crippen LogP contribution in [0.1, 0.15) is 6.92 Å². The number of nitrogens with one attached hydrogen (secondary N) is 1. The van der Waals surface area contributed by atoms with E-state index in [4.69, 9.17) is 0 Å². The molecule has 0 unspecified atom stereocenters. The fraction of sp³-hybridized carbons (Fsp3) is 0.150. The first-order chi connectivity index (χ1) is 14.5. The van der Waals surface area contributed by atoms with Crippen molar-refractivity contribution < 1.29 is 13.6 Å². The summed E-state index contributed by atoms with van der Waals surface area (Å²) in [7, 11) is 0. The number of anilines is 1. The maximum absolute atomic E-state index is 13.3. The van der Waals surface area contributed by atoms with Gasteiger partial charge in [0.1, 0.15) is 4.83 Å². The van der Waals surface area contributed by atoms with Crippen LogP contribution in [0.4, 0.5) is 14.5 Å². The lowest BCUT2D eigenvalue weighted by Crippen LogP contribution is -2.23. The molecule has 1 N–H and O–H groups in total. The number of nitrogens with zero attached hydrogens (tertiary/aromatic N) is 2. The van der Waals surface area contributed by atoms with Crippen LogP contribution in [0, 0.1) is 11.6 Å². The highest BCUT2D eigenvalue weighted by molar-refractivity contribution is 7.99. The van der Waals surface area contributed by atoms with Gasteiger partial charge in [0.15, 0.2) is 16.8 Å². The first-order valence-corrected chi connectivity index (χ1v) is 11.7. The largest absolute Gasteiger partial charge is 0.325 e. The summed E-state index contributed by atoms with van der Waals surface area (Å²) in [5.41, 5.74) is 0.891. The van der Waals surface area contributed by atoms with Gasteiger partial charge in [-0.1, -0.05) is 17.8 Å². The van der Waals surface area contributed by atoms with Crippen molar-refractivity contribution in [3.63, 3.8) is 0 Å². The minimum atomic E-state index is -1.04. The summed E-state index contributed by atoms with van der Waals surface area (Å²) in [6, 6.07) is 7.05. The van der Waals surface area contributed by atoms with E-state index < -0.39 is 17.5 Å². The van der Waals surface area contributed by atoms with E-state index in [1.807, 2.05) is 29.8 Å². The average molecular weight is 464 g/mol. The van der Waals surface area contributed by atoms with Gasteiger partial charge in [-0.3, -0.25) is 14.2 Å². The van der Waals surface area contributed by atoms with E-state index in [1.165, 1.54) is 17.4 Å². The molecule has 10 heteroatoms. The van der Waals surface area contributed by atoms with Crippen molar-refractivity contribution in [3.05, 3.63) is 63.1 Å². The predicted molar refractivity (Wildman–Crippen MR) is 119 cm³/mol. The number of thiophene rings is 2. The molecule has 0 bridgehead atoms. The highest BCUT2D eigenvalue weighted by atomic mass is 32.2. The zero-order chi connectivity index (χ0) is 21.3. The molecule has 5 nitrogen and oxygen atoms in total. The number of benzene rings is 1. The van der Waals surface area contributed by atoms with E-state index in [0.717, 1.165) is 34.3 Å². The topological polar surface area (TPSA) is 64.0 Å². The molecule has 4 rings (SSSR count). The van der Waals surface area contributed by atoms with Crippen LogP contribution in [-0.2, 0) is 11.3 Å². The van der Waals surface area contributed by atoms with Crippen molar-refractivity contribution >= 4 is 56.2 Å². The second-order valence-corrected chi connectivity index (χ2v) is 8.96. The first kappa shape index (κ1) is 20.7. The number of carbonyl (C=O) groups is 1. The van der Waals surface area contributed by atoms with Gasteiger partial charge in [0, 0.05) is 34.1 Å². The lowest BCUT2D eigenvalue weighted by molar-refractivity contribution is -0.113. The molecule has 0 radical (unpaired) electrons. The van der Waals surface area contributed by atoms with Gasteiger partial charge in [-0.2, -0.15) is 0 Å². The van der Waals surface area contributed by atoms with Gasteiger partial charge < -0.3 is 5.32 Å². The third kappa shape index (κ3) is 4.03. The molecule has 1 amide bonds. The normalized spacial score (nSPS) is 11.2. The van der Waals surface area contributed by atoms with Gasteiger partial charge in [0.05, 0.1) is 11.1 Å². The Balaban J connectivity index is 1.57. The molecule has 0 saturated carbocycles. The monoisotopic (exact) mass is 463 g/mol. The molecule has 0 saturated heterocycles. The molecule has 0 spiro atoms. The molecule has 0 aliphatic rings. The molecule has 0 fully saturated rings. The highest BCUT2D eigenvalue weighted by Crippen LogP contribution is 2.34. The van der Waals surface area contributed by atoms with Crippen LogP contribution in [0.5, 0.6) is 0 Å². The van der Waals surface area contributed by atoms with Crippen LogP contribution in [-0.4, -0.2) is 21.2 Å². The Labute approximate surface area is 182 Å². The average Bonchev–Trinajstić information content (AvgIpc) is 3.39. The van der Waals surface area contributed by atoms with Gasteiger partial charge in [-0.05, 0) is 30.5 Å². The number of carbonyl (C=O) groups excluding carboxylic acids is 1. The SMILES string of the molecule is CCn1c(SCC(=O)Nc2ccc(F)c(F)c2)nc2scc(-c3cccs3)c2c1=O. The summed E-state index contributed by atoms with van der Waals surface area (Å²) in [6.07, 6.45) is 0. The minimum Gasteiger partial charge on any atom is -0.325 e. The van der Waals surface area contributed by atoms with Crippen molar-refractivity contribution in [2.75, 3.05) is 11.1 Å². The zero-order valence-electron chi connectivity index (χ0n) is 15.6. The number of hydrogen-bond acceptors (Lipinski definition) is 6. The van der Waals surface area contributed by atoms with Crippen LogP contribution in [0.3, 0.4) is 0 Å². The van der Waals surface area contributed by atoms with Crippen molar-refractivity contribution in [3.8, 4) is 10.4 Å². The summed E-state index contributed by atoms with van der Waals surface area (Å²) in [5.74, 6) is -2.45. The molecular weight excluding hydrogens is 448 g/mol. The van der Waals surface area contributed by atoms with E-state index in [1.54, 1.807) is 15.9 Å². The zero-order valence-corrected chi connectivity index (χ0v) is 18.1. The van der Waals surface area contributed by atoms with E-state index in [0.29, 0.717) is 21.9 Å². The highest BCUT2D eigenvalue weighted by Gasteiger charge is 2.18. The Morgan fingerprint density at radius 1 is 1.23 bits per heavy atom. The predicted octanol–water partition coefficient (Wildman–Crippen LogP) is 5.22. The van der Waals surface area contributed by atoms with Gasteiger partial charge >= 0.3 is 0 Å². The summed E-state index contributed by atoms with van der Waals surface area (Å²) < 4.78 is 27.9. The molecule has 0 atom stereocenters.